The van der Waals surface area contributed by atoms with Crippen LogP contribution in [0.3, 0.4) is 0 Å². The molecule has 1 aliphatic rings. The Hall–Kier alpha value is -3.37. The van der Waals surface area contributed by atoms with Crippen molar-refractivity contribution in [3.8, 4) is 5.75 Å². The van der Waals surface area contributed by atoms with Gasteiger partial charge >= 0.3 is 0 Å². The number of H-pyrrole nitrogens is 1. The molecule has 0 atom stereocenters. The van der Waals surface area contributed by atoms with Crippen LogP contribution in [0, 0.1) is 0 Å². The van der Waals surface area contributed by atoms with Crippen molar-refractivity contribution in [2.75, 3.05) is 40.8 Å². The number of aromatic amines is 1. The number of hydrogen-bond donors (Lipinski definition) is 2. The third-order valence-corrected chi connectivity index (χ3v) is 8.29. The van der Waals surface area contributed by atoms with Gasteiger partial charge in [0.05, 0.1) is 18.6 Å². The summed E-state index contributed by atoms with van der Waals surface area (Å²) in [5.41, 5.74) is 2.48. The molecule has 4 rings (SSSR count). The van der Waals surface area contributed by atoms with Gasteiger partial charge in [-0.1, -0.05) is 6.07 Å². The van der Waals surface area contributed by atoms with Gasteiger partial charge in [0.1, 0.15) is 5.75 Å². The summed E-state index contributed by atoms with van der Waals surface area (Å²) in [6.45, 7) is 1.07. The fraction of sp³-hybridized carbons (Fsp3) is 0.360. The number of benzene rings is 2. The van der Waals surface area contributed by atoms with Crippen molar-refractivity contribution in [3.05, 3.63) is 59.8 Å². The molecule has 2 heterocycles. The van der Waals surface area contributed by atoms with Crippen molar-refractivity contribution in [3.63, 3.8) is 0 Å². The quantitative estimate of drug-likeness (QED) is 0.520. The van der Waals surface area contributed by atoms with Crippen LogP contribution in [-0.2, 0) is 14.8 Å². The van der Waals surface area contributed by atoms with Crippen LogP contribution < -0.4 is 10.1 Å². The summed E-state index contributed by atoms with van der Waals surface area (Å²) < 4.78 is 31.1. The van der Waals surface area contributed by atoms with Crippen molar-refractivity contribution in [1.82, 2.24) is 19.5 Å². The molecule has 0 bridgehead atoms. The summed E-state index contributed by atoms with van der Waals surface area (Å²) in [5, 5.41) is 3.76. The first-order chi connectivity index (χ1) is 16.7. The molecule has 3 aromatic rings. The Morgan fingerprint density at radius 2 is 1.89 bits per heavy atom. The number of ether oxygens (including phenoxy) is 1. The zero-order valence-corrected chi connectivity index (χ0v) is 20.9. The van der Waals surface area contributed by atoms with Gasteiger partial charge in [-0.15, -0.1) is 0 Å². The molecular weight excluding hydrogens is 468 g/mol. The maximum absolute atomic E-state index is 12.7. The Morgan fingerprint density at radius 1 is 1.14 bits per heavy atom. The molecular formula is C25H30N4O5S. The van der Waals surface area contributed by atoms with E-state index in [0.29, 0.717) is 19.0 Å². The van der Waals surface area contributed by atoms with Crippen LogP contribution in [0.4, 0.5) is 0 Å². The highest BCUT2D eigenvalue weighted by atomic mass is 32.2. The second-order valence-electron chi connectivity index (χ2n) is 8.81. The van der Waals surface area contributed by atoms with E-state index in [-0.39, 0.29) is 22.9 Å². The number of carbonyl (C=O) groups excluding carboxylic acids is 2. The van der Waals surface area contributed by atoms with Gasteiger partial charge in [-0.3, -0.25) is 9.59 Å². The van der Waals surface area contributed by atoms with E-state index in [4.69, 9.17) is 4.74 Å². The van der Waals surface area contributed by atoms with Crippen LogP contribution >= 0.6 is 0 Å². The molecule has 1 aliphatic heterocycles. The van der Waals surface area contributed by atoms with Gasteiger partial charge in [0.15, 0.2) is 0 Å². The Kier molecular flexibility index (Phi) is 7.13. The second kappa shape index (κ2) is 10.1. The predicted molar refractivity (Wildman–Crippen MR) is 133 cm³/mol. The Morgan fingerprint density at radius 3 is 2.57 bits per heavy atom. The number of nitrogens with one attached hydrogen (secondary N) is 2. The minimum Gasteiger partial charge on any atom is -0.497 e. The highest BCUT2D eigenvalue weighted by Crippen LogP contribution is 2.34. The summed E-state index contributed by atoms with van der Waals surface area (Å²) in [6, 6.07) is 11.8. The number of piperidine rings is 1. The summed E-state index contributed by atoms with van der Waals surface area (Å²) >= 11 is 0. The first-order valence-electron chi connectivity index (χ1n) is 11.4. The topological polar surface area (TPSA) is 112 Å². The number of nitrogens with zero attached hydrogens (tertiary/aromatic N) is 2. The molecule has 1 saturated heterocycles. The van der Waals surface area contributed by atoms with Gasteiger partial charge in [0, 0.05) is 49.8 Å². The van der Waals surface area contributed by atoms with Gasteiger partial charge in [0.25, 0.3) is 5.91 Å². The second-order valence-corrected chi connectivity index (χ2v) is 11.0. The first-order valence-corrected chi connectivity index (χ1v) is 12.9. The molecule has 1 fully saturated rings. The lowest BCUT2D eigenvalue weighted by atomic mass is 9.89. The predicted octanol–water partition coefficient (Wildman–Crippen LogP) is 2.56. The zero-order chi connectivity index (χ0) is 25.2. The van der Waals surface area contributed by atoms with Crippen molar-refractivity contribution in [2.24, 2.45) is 0 Å². The van der Waals surface area contributed by atoms with Crippen LogP contribution in [-0.4, -0.2) is 75.3 Å². The van der Waals surface area contributed by atoms with E-state index in [1.54, 1.807) is 12.0 Å². The number of likely N-dealkylation sites (tertiary alicyclic amines) is 1. The van der Waals surface area contributed by atoms with E-state index in [2.05, 4.69) is 10.3 Å². The molecule has 0 spiro atoms. The lowest BCUT2D eigenvalue weighted by Gasteiger charge is -2.32. The molecule has 2 N–H and O–H groups in total. The fourth-order valence-electron chi connectivity index (χ4n) is 4.40. The van der Waals surface area contributed by atoms with Crippen LogP contribution in [0.1, 0.15) is 34.7 Å². The number of amides is 2. The smallest absolute Gasteiger partial charge is 0.251 e. The molecule has 0 unspecified atom stereocenters. The Labute approximate surface area is 205 Å². The van der Waals surface area contributed by atoms with Gasteiger partial charge in [-0.2, -0.15) is 0 Å². The van der Waals surface area contributed by atoms with Crippen molar-refractivity contribution in [2.45, 2.75) is 23.7 Å². The van der Waals surface area contributed by atoms with Crippen LogP contribution in [0.5, 0.6) is 5.75 Å². The Balaban J connectivity index is 1.33. The molecule has 35 heavy (non-hydrogen) atoms. The number of hydrogen-bond acceptors (Lipinski definition) is 5. The maximum Gasteiger partial charge on any atom is 0.251 e. The van der Waals surface area contributed by atoms with E-state index in [9.17, 15) is 18.0 Å². The summed E-state index contributed by atoms with van der Waals surface area (Å²) in [4.78, 5) is 30.4. The third kappa shape index (κ3) is 5.18. The van der Waals surface area contributed by atoms with Gasteiger partial charge in [-0.05, 0) is 60.7 Å². The molecule has 9 nitrogen and oxygen atoms in total. The number of methoxy groups -OCH3 is 1. The summed E-state index contributed by atoms with van der Waals surface area (Å²) in [5.74, 6) is 0.494. The highest BCUT2D eigenvalue weighted by Gasteiger charge is 2.26. The summed E-state index contributed by atoms with van der Waals surface area (Å²) in [7, 11) is 0.857. The van der Waals surface area contributed by atoms with E-state index < -0.39 is 15.9 Å². The number of rotatable bonds is 7. The van der Waals surface area contributed by atoms with Crippen molar-refractivity contribution < 1.29 is 22.7 Å². The van der Waals surface area contributed by atoms with Crippen molar-refractivity contribution in [1.29, 1.82) is 0 Å². The largest absolute Gasteiger partial charge is 0.497 e. The summed E-state index contributed by atoms with van der Waals surface area (Å²) in [6.07, 6.45) is 3.69. The molecule has 0 saturated carbocycles. The lowest BCUT2D eigenvalue weighted by Crippen LogP contribution is -2.43. The molecule has 1 aromatic heterocycles. The number of fused-ring (bicyclic) bond motifs is 1. The van der Waals surface area contributed by atoms with E-state index in [1.807, 2.05) is 24.4 Å². The third-order valence-electron chi connectivity index (χ3n) is 6.48. The molecule has 0 aliphatic carbocycles. The lowest BCUT2D eigenvalue weighted by molar-refractivity contribution is -0.131. The average Bonchev–Trinajstić information content (AvgIpc) is 3.30. The van der Waals surface area contributed by atoms with E-state index in [1.165, 1.54) is 43.9 Å². The zero-order valence-electron chi connectivity index (χ0n) is 20.1. The van der Waals surface area contributed by atoms with Crippen LogP contribution in [0.15, 0.2) is 53.6 Å². The van der Waals surface area contributed by atoms with Crippen LogP contribution in [0.2, 0.25) is 0 Å². The SMILES string of the molecule is COc1ccc2[nH]cc(C3CCN(C(=O)CNC(=O)c4cccc(S(=O)(=O)N(C)C)c4)CC3)c2c1. The molecule has 0 radical (unpaired) electrons. The maximum atomic E-state index is 12.7. The highest BCUT2D eigenvalue weighted by molar-refractivity contribution is 7.89. The normalized spacial score (nSPS) is 14.9. The molecule has 2 aromatic carbocycles. The standard InChI is InChI=1S/C25H30N4O5S/c1-28(2)35(32,33)20-6-4-5-18(13-20)25(31)27-16-24(30)29-11-9-17(10-12-29)22-15-26-23-8-7-19(34-3)14-21(22)23/h4-8,13-15,17,26H,9-12,16H2,1-3H3,(H,27,31). The minimum absolute atomic E-state index is 0.0263. The monoisotopic (exact) mass is 498 g/mol. The van der Waals surface area contributed by atoms with Crippen molar-refractivity contribution >= 4 is 32.7 Å². The average molecular weight is 499 g/mol. The number of sulfonamides is 1. The minimum atomic E-state index is -3.65. The number of aromatic nitrogens is 1. The fourth-order valence-corrected chi connectivity index (χ4v) is 5.35. The molecule has 2 amide bonds. The first kappa shape index (κ1) is 24.7. The van der Waals surface area contributed by atoms with E-state index in [0.717, 1.165) is 33.8 Å². The Bertz CT molecular complexity index is 1340. The van der Waals surface area contributed by atoms with Gasteiger partial charge in [-0.25, -0.2) is 12.7 Å². The van der Waals surface area contributed by atoms with Gasteiger partial charge < -0.3 is 19.9 Å². The molecule has 10 heteroatoms. The number of carbonyl (C=O) groups is 2. The van der Waals surface area contributed by atoms with Crippen LogP contribution in [0.25, 0.3) is 10.9 Å². The van der Waals surface area contributed by atoms with E-state index >= 15 is 0 Å². The van der Waals surface area contributed by atoms with Gasteiger partial charge in [0.2, 0.25) is 15.9 Å². The molecule has 186 valence electrons.